The van der Waals surface area contributed by atoms with Crippen molar-refractivity contribution < 1.29 is 9.22 Å². The third kappa shape index (κ3) is 14.3. The molecule has 0 saturated heterocycles. The van der Waals surface area contributed by atoms with E-state index in [0.717, 1.165) is 12.7 Å². The van der Waals surface area contributed by atoms with Crippen LogP contribution in [0.2, 0.25) is 19.6 Å². The molecule has 0 bridgehead atoms. The van der Waals surface area contributed by atoms with Crippen molar-refractivity contribution in [1.82, 2.24) is 0 Å². The van der Waals surface area contributed by atoms with Crippen molar-refractivity contribution in [2.75, 3.05) is 0 Å². The Morgan fingerprint density at radius 1 is 0.900 bits per heavy atom. The second-order valence-corrected chi connectivity index (χ2v) is 11.3. The molecule has 0 aromatic rings. The van der Waals surface area contributed by atoms with Gasteiger partial charge in [-0.25, -0.2) is 0 Å². The minimum atomic E-state index is -1.51. The van der Waals surface area contributed by atoms with Crippen LogP contribution in [0.5, 0.6) is 0 Å². The zero-order valence-corrected chi connectivity index (χ0v) is 15.2. The standard InChI is InChI=1S/C17H36O2Si/c1-5-6-7-8-9-10-11-12-13-14-17(15-16-18)19-20(2,3)4/h16-17H,5-15H2,1-4H3/t17-/m1/s1. The number of rotatable bonds is 14. The molecule has 0 aromatic heterocycles. The molecule has 20 heavy (non-hydrogen) atoms. The van der Waals surface area contributed by atoms with Gasteiger partial charge < -0.3 is 9.22 Å². The van der Waals surface area contributed by atoms with E-state index in [1.807, 2.05) is 0 Å². The Balaban J connectivity index is 3.51. The Labute approximate surface area is 127 Å². The maximum absolute atomic E-state index is 10.7. The van der Waals surface area contributed by atoms with Crippen LogP contribution in [0.3, 0.4) is 0 Å². The highest BCUT2D eigenvalue weighted by atomic mass is 28.4. The summed E-state index contributed by atoms with van der Waals surface area (Å²) >= 11 is 0. The summed E-state index contributed by atoms with van der Waals surface area (Å²) in [5, 5.41) is 0. The van der Waals surface area contributed by atoms with E-state index in [4.69, 9.17) is 4.43 Å². The lowest BCUT2D eigenvalue weighted by Crippen LogP contribution is -2.32. The Morgan fingerprint density at radius 2 is 1.40 bits per heavy atom. The fourth-order valence-corrected chi connectivity index (χ4v) is 3.73. The van der Waals surface area contributed by atoms with Gasteiger partial charge in [0.2, 0.25) is 0 Å². The highest BCUT2D eigenvalue weighted by Crippen LogP contribution is 2.17. The summed E-state index contributed by atoms with van der Waals surface area (Å²) in [7, 11) is -1.51. The molecular weight excluding hydrogens is 264 g/mol. The topological polar surface area (TPSA) is 26.3 Å². The van der Waals surface area contributed by atoms with Crippen LogP contribution in [-0.2, 0) is 9.22 Å². The third-order valence-electron chi connectivity index (χ3n) is 3.51. The number of unbranched alkanes of at least 4 members (excludes halogenated alkanes) is 8. The minimum Gasteiger partial charge on any atom is -0.414 e. The summed E-state index contributed by atoms with van der Waals surface area (Å²) in [5.41, 5.74) is 0. The van der Waals surface area contributed by atoms with Crippen LogP contribution in [0, 0.1) is 0 Å². The molecule has 0 amide bonds. The molecular formula is C17H36O2Si. The van der Waals surface area contributed by atoms with Gasteiger partial charge in [-0.15, -0.1) is 0 Å². The molecule has 0 rings (SSSR count). The van der Waals surface area contributed by atoms with E-state index in [1.54, 1.807) is 0 Å². The van der Waals surface area contributed by atoms with E-state index < -0.39 is 8.32 Å². The van der Waals surface area contributed by atoms with Crippen LogP contribution in [0.1, 0.15) is 77.6 Å². The second-order valence-electron chi connectivity index (χ2n) is 6.87. The molecule has 0 radical (unpaired) electrons. The fraction of sp³-hybridized carbons (Fsp3) is 0.941. The van der Waals surface area contributed by atoms with Gasteiger partial charge in [-0.05, 0) is 26.1 Å². The summed E-state index contributed by atoms with van der Waals surface area (Å²) in [6, 6.07) is 0. The van der Waals surface area contributed by atoms with E-state index >= 15 is 0 Å². The Hall–Kier alpha value is -0.153. The van der Waals surface area contributed by atoms with Crippen molar-refractivity contribution in [3.05, 3.63) is 0 Å². The van der Waals surface area contributed by atoms with Crippen LogP contribution >= 0.6 is 0 Å². The molecule has 2 nitrogen and oxygen atoms in total. The molecule has 3 heteroatoms. The van der Waals surface area contributed by atoms with Gasteiger partial charge in [0.25, 0.3) is 0 Å². The Kier molecular flexibility index (Phi) is 12.5. The molecule has 0 aliphatic heterocycles. The molecule has 1 atom stereocenters. The number of hydrogen-bond donors (Lipinski definition) is 0. The number of carbonyl (C=O) groups is 1. The maximum atomic E-state index is 10.7. The number of aldehydes is 1. The van der Waals surface area contributed by atoms with Crippen LogP contribution in [0.4, 0.5) is 0 Å². The maximum Gasteiger partial charge on any atom is 0.184 e. The van der Waals surface area contributed by atoms with Gasteiger partial charge in [0.15, 0.2) is 8.32 Å². The van der Waals surface area contributed by atoms with Crippen molar-refractivity contribution in [3.63, 3.8) is 0 Å². The first kappa shape index (κ1) is 19.8. The summed E-state index contributed by atoms with van der Waals surface area (Å²) < 4.78 is 6.06. The quantitative estimate of drug-likeness (QED) is 0.233. The van der Waals surface area contributed by atoms with Gasteiger partial charge in [-0.1, -0.05) is 64.7 Å². The van der Waals surface area contributed by atoms with E-state index in [0.29, 0.717) is 6.42 Å². The molecule has 0 unspecified atom stereocenters. The van der Waals surface area contributed by atoms with Crippen LogP contribution < -0.4 is 0 Å². The highest BCUT2D eigenvalue weighted by molar-refractivity contribution is 6.69. The smallest absolute Gasteiger partial charge is 0.184 e. The predicted octanol–water partition coefficient (Wildman–Crippen LogP) is 5.72. The van der Waals surface area contributed by atoms with Crippen LogP contribution in [-0.4, -0.2) is 20.7 Å². The van der Waals surface area contributed by atoms with E-state index in [2.05, 4.69) is 26.6 Å². The van der Waals surface area contributed by atoms with Crippen LogP contribution in [0.25, 0.3) is 0 Å². The normalized spacial score (nSPS) is 13.4. The monoisotopic (exact) mass is 300 g/mol. The SMILES string of the molecule is CCCCCCCCCCC[C@H](CC=O)O[Si](C)(C)C. The van der Waals surface area contributed by atoms with Gasteiger partial charge in [0.1, 0.15) is 6.29 Å². The second kappa shape index (κ2) is 12.6. The largest absolute Gasteiger partial charge is 0.414 e. The minimum absolute atomic E-state index is 0.170. The predicted molar refractivity (Wildman–Crippen MR) is 90.7 cm³/mol. The van der Waals surface area contributed by atoms with E-state index in [1.165, 1.54) is 57.8 Å². The highest BCUT2D eigenvalue weighted by Gasteiger charge is 2.20. The molecule has 0 saturated carbocycles. The Morgan fingerprint density at radius 3 is 1.85 bits per heavy atom. The molecule has 0 heterocycles. The molecule has 0 spiro atoms. The lowest BCUT2D eigenvalue weighted by molar-refractivity contribution is -0.109. The zero-order valence-electron chi connectivity index (χ0n) is 14.2. The number of carbonyl (C=O) groups excluding carboxylic acids is 1. The lowest BCUT2D eigenvalue weighted by Gasteiger charge is -2.25. The van der Waals surface area contributed by atoms with Crippen molar-refractivity contribution in [1.29, 1.82) is 0 Å². The summed E-state index contributed by atoms with van der Waals surface area (Å²) in [4.78, 5) is 10.7. The molecule has 0 N–H and O–H groups in total. The molecule has 0 aliphatic rings. The van der Waals surface area contributed by atoms with Crippen molar-refractivity contribution in [3.8, 4) is 0 Å². The first-order valence-electron chi connectivity index (χ1n) is 8.61. The van der Waals surface area contributed by atoms with Gasteiger partial charge in [-0.2, -0.15) is 0 Å². The average Bonchev–Trinajstić information content (AvgIpc) is 2.35. The molecule has 0 fully saturated rings. The molecule has 0 aromatic carbocycles. The van der Waals surface area contributed by atoms with Crippen LogP contribution in [0.15, 0.2) is 0 Å². The first-order chi connectivity index (χ1) is 9.49. The fourth-order valence-electron chi connectivity index (χ4n) is 2.51. The first-order valence-corrected chi connectivity index (χ1v) is 12.0. The molecule has 120 valence electrons. The summed E-state index contributed by atoms with van der Waals surface area (Å²) in [6.07, 6.45) is 14.9. The van der Waals surface area contributed by atoms with E-state index in [-0.39, 0.29) is 6.10 Å². The van der Waals surface area contributed by atoms with Crippen molar-refractivity contribution in [2.24, 2.45) is 0 Å². The van der Waals surface area contributed by atoms with Gasteiger partial charge in [0, 0.05) is 6.42 Å². The lowest BCUT2D eigenvalue weighted by atomic mass is 10.0. The van der Waals surface area contributed by atoms with Gasteiger partial charge in [-0.3, -0.25) is 0 Å². The van der Waals surface area contributed by atoms with Gasteiger partial charge in [0.05, 0.1) is 6.10 Å². The number of hydrogen-bond acceptors (Lipinski definition) is 2. The summed E-state index contributed by atoms with van der Waals surface area (Å²) in [6.45, 7) is 8.85. The Bertz CT molecular complexity index is 224. The van der Waals surface area contributed by atoms with E-state index in [9.17, 15) is 4.79 Å². The zero-order chi connectivity index (χ0) is 15.3. The van der Waals surface area contributed by atoms with Crippen molar-refractivity contribution in [2.45, 2.75) is 103 Å². The summed E-state index contributed by atoms with van der Waals surface area (Å²) in [5.74, 6) is 0. The average molecular weight is 301 g/mol. The third-order valence-corrected chi connectivity index (χ3v) is 4.55. The van der Waals surface area contributed by atoms with Gasteiger partial charge >= 0.3 is 0 Å². The van der Waals surface area contributed by atoms with Crippen molar-refractivity contribution >= 4 is 14.6 Å². The molecule has 0 aliphatic carbocycles.